The quantitative estimate of drug-likeness (QED) is 0.225. The summed E-state index contributed by atoms with van der Waals surface area (Å²) in [6.45, 7) is 0.184. The molecule has 0 saturated carbocycles. The zero-order valence-electron chi connectivity index (χ0n) is 21.7. The molecule has 41 heavy (non-hydrogen) atoms. The molecule has 1 saturated heterocycles. The molecule has 0 radical (unpaired) electrons. The minimum absolute atomic E-state index is 0.0829. The number of carboxylic acid groups (broad SMARTS) is 1. The number of nitrogens with one attached hydrogen (secondary N) is 2. The molecule has 8 nitrogen and oxygen atoms in total. The van der Waals surface area contributed by atoms with Crippen LogP contribution >= 0.6 is 46.7 Å². The second-order valence-electron chi connectivity index (χ2n) is 8.93. The first-order valence-corrected chi connectivity index (χ1v) is 15.2. The maximum absolute atomic E-state index is 12.8. The molecule has 1 aliphatic rings. The van der Waals surface area contributed by atoms with Crippen molar-refractivity contribution in [3.05, 3.63) is 63.6 Å². The summed E-state index contributed by atoms with van der Waals surface area (Å²) in [7, 11) is 0. The van der Waals surface area contributed by atoms with Crippen molar-refractivity contribution in [2.75, 3.05) is 25.9 Å². The van der Waals surface area contributed by atoms with E-state index in [9.17, 15) is 33.1 Å². The number of rotatable bonds is 11. The van der Waals surface area contributed by atoms with Gasteiger partial charge in [0, 0.05) is 47.0 Å². The summed E-state index contributed by atoms with van der Waals surface area (Å²) in [5.41, 5.74) is 0.684. The van der Waals surface area contributed by atoms with Crippen LogP contribution in [0.25, 0.3) is 6.08 Å². The fourth-order valence-corrected chi connectivity index (χ4v) is 5.79. The number of likely N-dealkylation sites (tertiary alicyclic amines) is 1. The predicted molar refractivity (Wildman–Crippen MR) is 157 cm³/mol. The summed E-state index contributed by atoms with van der Waals surface area (Å²) in [5.74, 6) is -5.93. The first-order valence-electron chi connectivity index (χ1n) is 12.3. The molecule has 0 unspecified atom stereocenters. The van der Waals surface area contributed by atoms with Crippen LogP contribution in [0.1, 0.15) is 28.8 Å². The van der Waals surface area contributed by atoms with E-state index in [0.717, 1.165) is 4.90 Å². The van der Waals surface area contributed by atoms with Gasteiger partial charge in [0.05, 0.1) is 10.0 Å². The molecular weight excluding hydrogens is 619 g/mol. The fourth-order valence-electron chi connectivity index (χ4n) is 4.06. The number of carboxylic acids is 1. The second kappa shape index (κ2) is 15.4. The molecule has 1 heterocycles. The largest absolute Gasteiger partial charge is 0.480 e. The van der Waals surface area contributed by atoms with Crippen LogP contribution in [0.2, 0.25) is 10.0 Å². The SMILES string of the molecule is CSc1ccc(C=CC(=O)N2CCC(C(=O)N[C@@H](CNC(=O)c3cccc(SC(F)F)c3)C(=O)O)CC2)c(Cl)c1Cl. The highest BCUT2D eigenvalue weighted by Gasteiger charge is 2.30. The third-order valence-corrected chi connectivity index (χ3v) is 8.78. The summed E-state index contributed by atoms with van der Waals surface area (Å²) in [5, 5.41) is 15.2. The Morgan fingerprint density at radius 1 is 1.12 bits per heavy atom. The van der Waals surface area contributed by atoms with E-state index in [1.165, 1.54) is 42.1 Å². The molecular formula is C27H27Cl2F2N3O5S2. The van der Waals surface area contributed by atoms with Crippen LogP contribution in [0.4, 0.5) is 8.78 Å². The lowest BCUT2D eigenvalue weighted by atomic mass is 9.95. The summed E-state index contributed by atoms with van der Waals surface area (Å²) in [6, 6.07) is 7.74. The monoisotopic (exact) mass is 645 g/mol. The van der Waals surface area contributed by atoms with Crippen molar-refractivity contribution in [2.45, 2.75) is 34.4 Å². The molecule has 0 aliphatic carbocycles. The van der Waals surface area contributed by atoms with Gasteiger partial charge in [0.2, 0.25) is 11.8 Å². The van der Waals surface area contributed by atoms with E-state index in [0.29, 0.717) is 41.5 Å². The number of amides is 3. The van der Waals surface area contributed by atoms with Crippen LogP contribution in [-0.2, 0) is 14.4 Å². The first kappa shape index (κ1) is 32.7. The lowest BCUT2D eigenvalue weighted by Gasteiger charge is -2.31. The summed E-state index contributed by atoms with van der Waals surface area (Å²) < 4.78 is 25.2. The maximum atomic E-state index is 12.8. The highest BCUT2D eigenvalue weighted by molar-refractivity contribution is 7.99. The average molecular weight is 647 g/mol. The van der Waals surface area contributed by atoms with Crippen molar-refractivity contribution in [3.63, 3.8) is 0 Å². The molecule has 220 valence electrons. The molecule has 2 aromatic carbocycles. The Labute approximate surface area is 254 Å². The van der Waals surface area contributed by atoms with Crippen LogP contribution in [0.3, 0.4) is 0 Å². The molecule has 14 heteroatoms. The van der Waals surface area contributed by atoms with Gasteiger partial charge in [-0.1, -0.05) is 47.1 Å². The highest BCUT2D eigenvalue weighted by Crippen LogP contribution is 2.35. The smallest absolute Gasteiger partial charge is 0.328 e. The molecule has 0 spiro atoms. The Bertz CT molecular complexity index is 1320. The molecule has 3 amide bonds. The number of hydrogen-bond acceptors (Lipinski definition) is 6. The number of aliphatic carboxylic acids is 1. The number of benzene rings is 2. The minimum atomic E-state index is -2.65. The van der Waals surface area contributed by atoms with E-state index in [-0.39, 0.29) is 28.1 Å². The van der Waals surface area contributed by atoms with Crippen LogP contribution in [0, 0.1) is 5.92 Å². The Hall–Kier alpha value is -2.80. The minimum Gasteiger partial charge on any atom is -0.480 e. The predicted octanol–water partition coefficient (Wildman–Crippen LogP) is 5.28. The van der Waals surface area contributed by atoms with Gasteiger partial charge >= 0.3 is 5.97 Å². The van der Waals surface area contributed by atoms with E-state index in [4.69, 9.17) is 23.2 Å². The average Bonchev–Trinajstić information content (AvgIpc) is 2.95. The van der Waals surface area contributed by atoms with Crippen molar-refractivity contribution < 1.29 is 33.1 Å². The molecule has 1 atom stereocenters. The van der Waals surface area contributed by atoms with Crippen molar-refractivity contribution in [3.8, 4) is 0 Å². The summed E-state index contributed by atoms with van der Waals surface area (Å²) in [4.78, 5) is 52.2. The Balaban J connectivity index is 1.50. The van der Waals surface area contributed by atoms with Crippen LogP contribution in [-0.4, -0.2) is 71.4 Å². The van der Waals surface area contributed by atoms with E-state index >= 15 is 0 Å². The maximum Gasteiger partial charge on any atom is 0.328 e. The van der Waals surface area contributed by atoms with E-state index < -0.39 is 42.0 Å². The third-order valence-electron chi connectivity index (χ3n) is 6.28. The van der Waals surface area contributed by atoms with Crippen molar-refractivity contribution in [1.82, 2.24) is 15.5 Å². The Morgan fingerprint density at radius 3 is 2.46 bits per heavy atom. The third kappa shape index (κ3) is 9.35. The number of carbonyl (C=O) groups excluding carboxylic acids is 3. The number of carbonyl (C=O) groups is 4. The zero-order chi connectivity index (χ0) is 30.1. The highest BCUT2D eigenvalue weighted by atomic mass is 35.5. The zero-order valence-corrected chi connectivity index (χ0v) is 24.9. The molecule has 2 aromatic rings. The van der Waals surface area contributed by atoms with Gasteiger partial charge in [0.1, 0.15) is 6.04 Å². The molecule has 3 N–H and O–H groups in total. The van der Waals surface area contributed by atoms with Gasteiger partial charge in [-0.25, -0.2) is 4.79 Å². The molecule has 0 aromatic heterocycles. The lowest BCUT2D eigenvalue weighted by molar-refractivity contribution is -0.142. The van der Waals surface area contributed by atoms with Gasteiger partial charge < -0.3 is 20.6 Å². The van der Waals surface area contributed by atoms with Crippen molar-refractivity contribution >= 4 is 76.5 Å². The number of halogens is 4. The molecule has 0 bridgehead atoms. The van der Waals surface area contributed by atoms with E-state index in [1.807, 2.05) is 12.3 Å². The van der Waals surface area contributed by atoms with Crippen molar-refractivity contribution in [2.24, 2.45) is 5.92 Å². The molecule has 3 rings (SSSR count). The van der Waals surface area contributed by atoms with Gasteiger partial charge in [-0.05, 0) is 55.0 Å². The number of thioether (sulfide) groups is 2. The number of nitrogens with zero attached hydrogens (tertiary/aromatic N) is 1. The number of piperidine rings is 1. The van der Waals surface area contributed by atoms with Crippen LogP contribution in [0.15, 0.2) is 52.3 Å². The number of alkyl halides is 2. The fraction of sp³-hybridized carbons (Fsp3) is 0.333. The standard InChI is InChI=1S/C27H27Cl2F2N3O5S2/c1-40-20-7-5-15(22(28)23(20)29)6-8-21(35)34-11-9-16(10-12-34)25(37)33-19(26(38)39)14-32-24(36)17-3-2-4-18(13-17)41-27(30)31/h2-8,13,16,19,27H,9-12,14H2,1H3,(H,32,36)(H,33,37)(H,38,39)/t19-/m0/s1. The number of hydrogen-bond donors (Lipinski definition) is 3. The van der Waals surface area contributed by atoms with Crippen LogP contribution < -0.4 is 10.6 Å². The Morgan fingerprint density at radius 2 is 1.83 bits per heavy atom. The topological polar surface area (TPSA) is 116 Å². The first-order chi connectivity index (χ1) is 19.5. The van der Waals surface area contributed by atoms with E-state index in [1.54, 1.807) is 17.0 Å². The van der Waals surface area contributed by atoms with Gasteiger partial charge in [-0.2, -0.15) is 8.78 Å². The van der Waals surface area contributed by atoms with Gasteiger partial charge in [0.15, 0.2) is 0 Å². The Kier molecular flexibility index (Phi) is 12.3. The second-order valence-corrected chi connectivity index (χ2v) is 11.6. The molecule has 1 aliphatic heterocycles. The summed E-state index contributed by atoms with van der Waals surface area (Å²) in [6.07, 6.45) is 5.51. The normalized spacial score (nSPS) is 14.7. The van der Waals surface area contributed by atoms with E-state index in [2.05, 4.69) is 10.6 Å². The van der Waals surface area contributed by atoms with Gasteiger partial charge in [0.25, 0.3) is 11.7 Å². The van der Waals surface area contributed by atoms with Gasteiger partial charge in [-0.15, -0.1) is 11.8 Å². The lowest BCUT2D eigenvalue weighted by Crippen LogP contribution is -2.51. The van der Waals surface area contributed by atoms with Crippen LogP contribution in [0.5, 0.6) is 0 Å². The van der Waals surface area contributed by atoms with Crippen molar-refractivity contribution in [1.29, 1.82) is 0 Å². The van der Waals surface area contributed by atoms with Gasteiger partial charge in [-0.3, -0.25) is 14.4 Å². The molecule has 1 fully saturated rings. The summed E-state index contributed by atoms with van der Waals surface area (Å²) >= 11 is 14.3.